The van der Waals surface area contributed by atoms with E-state index in [0.717, 1.165) is 31.7 Å². The lowest BCUT2D eigenvalue weighted by molar-refractivity contribution is -0.122. The molecule has 0 aliphatic heterocycles. The first-order chi connectivity index (χ1) is 12.6. The Labute approximate surface area is 173 Å². The average molecular weight is 475 g/mol. The van der Waals surface area contributed by atoms with Gasteiger partial charge >= 0.3 is 0 Å². The van der Waals surface area contributed by atoms with E-state index in [0.29, 0.717) is 5.69 Å². The van der Waals surface area contributed by atoms with Crippen molar-refractivity contribution in [3.63, 3.8) is 0 Å². The molecular weight excluding hydrogens is 456 g/mol. The molecule has 2 amide bonds. The molecule has 0 aliphatic carbocycles. The van der Waals surface area contributed by atoms with Gasteiger partial charge in [0, 0.05) is 10.2 Å². The number of rotatable bonds is 10. The standard InChI is InChI=1S/C16H19BrN4O2S3/c1-2-3-8-24-15-20-21-16(26-15)25-10-14(23)18-9-13(22)19-12-7-5-4-6-11(12)17/h4-7H,2-3,8-10H2,1H3,(H,18,23)(H,19,22). The van der Waals surface area contributed by atoms with E-state index in [-0.39, 0.29) is 24.1 Å². The molecule has 2 rings (SSSR count). The molecule has 0 spiro atoms. The SMILES string of the molecule is CCCCSc1nnc(SCC(=O)NCC(=O)Nc2ccccc2Br)s1. The molecule has 0 radical (unpaired) electrons. The van der Waals surface area contributed by atoms with Crippen molar-refractivity contribution in [1.29, 1.82) is 0 Å². The number of hydrogen-bond donors (Lipinski definition) is 2. The van der Waals surface area contributed by atoms with Gasteiger partial charge < -0.3 is 10.6 Å². The highest BCUT2D eigenvalue weighted by molar-refractivity contribution is 9.10. The third-order valence-corrected chi connectivity index (χ3v) is 7.00. The molecule has 1 aromatic carbocycles. The summed E-state index contributed by atoms with van der Waals surface area (Å²) >= 11 is 7.87. The molecule has 0 unspecified atom stereocenters. The maximum atomic E-state index is 11.9. The van der Waals surface area contributed by atoms with Crippen LogP contribution in [0.3, 0.4) is 0 Å². The second-order valence-electron chi connectivity index (χ2n) is 5.13. The first kappa shape index (κ1) is 21.2. The van der Waals surface area contributed by atoms with Crippen LogP contribution in [0, 0.1) is 0 Å². The largest absolute Gasteiger partial charge is 0.346 e. The topological polar surface area (TPSA) is 84.0 Å². The highest BCUT2D eigenvalue weighted by atomic mass is 79.9. The van der Waals surface area contributed by atoms with Crippen molar-refractivity contribution in [2.24, 2.45) is 0 Å². The van der Waals surface area contributed by atoms with Crippen molar-refractivity contribution in [1.82, 2.24) is 15.5 Å². The summed E-state index contributed by atoms with van der Waals surface area (Å²) in [7, 11) is 0. The molecule has 0 atom stereocenters. The van der Waals surface area contributed by atoms with Crippen molar-refractivity contribution >= 4 is 68.3 Å². The van der Waals surface area contributed by atoms with Crippen LogP contribution in [0.4, 0.5) is 5.69 Å². The molecule has 140 valence electrons. The Bertz CT molecular complexity index is 742. The molecule has 0 saturated carbocycles. The van der Waals surface area contributed by atoms with Crippen LogP contribution in [0.2, 0.25) is 0 Å². The Balaban J connectivity index is 1.67. The van der Waals surface area contributed by atoms with Crippen LogP contribution >= 0.6 is 50.8 Å². The number of thioether (sulfide) groups is 2. The number of para-hydroxylation sites is 1. The van der Waals surface area contributed by atoms with E-state index >= 15 is 0 Å². The van der Waals surface area contributed by atoms with Crippen LogP contribution in [0.15, 0.2) is 37.4 Å². The lowest BCUT2D eigenvalue weighted by Gasteiger charge is -2.08. The second-order valence-corrected chi connectivity index (χ2v) is 9.53. The molecule has 6 nitrogen and oxygen atoms in total. The van der Waals surface area contributed by atoms with Gasteiger partial charge in [-0.2, -0.15) is 0 Å². The summed E-state index contributed by atoms with van der Waals surface area (Å²) < 4.78 is 2.48. The molecule has 0 bridgehead atoms. The fourth-order valence-corrected chi connectivity index (χ4v) is 5.12. The number of hydrogen-bond acceptors (Lipinski definition) is 7. The molecule has 1 heterocycles. The van der Waals surface area contributed by atoms with E-state index in [1.54, 1.807) is 17.8 Å². The van der Waals surface area contributed by atoms with E-state index in [9.17, 15) is 9.59 Å². The lowest BCUT2D eigenvalue weighted by atomic mass is 10.3. The molecule has 10 heteroatoms. The van der Waals surface area contributed by atoms with E-state index in [1.807, 2.05) is 18.2 Å². The van der Waals surface area contributed by atoms with Crippen LogP contribution < -0.4 is 10.6 Å². The fraction of sp³-hybridized carbons (Fsp3) is 0.375. The van der Waals surface area contributed by atoms with Crippen molar-refractivity contribution in [3.8, 4) is 0 Å². The van der Waals surface area contributed by atoms with Gasteiger partial charge in [-0.3, -0.25) is 9.59 Å². The second kappa shape index (κ2) is 11.6. The van der Waals surface area contributed by atoms with E-state index in [1.165, 1.54) is 23.1 Å². The van der Waals surface area contributed by atoms with Crippen molar-refractivity contribution < 1.29 is 9.59 Å². The van der Waals surface area contributed by atoms with Crippen molar-refractivity contribution in [2.45, 2.75) is 28.4 Å². The van der Waals surface area contributed by atoms with Crippen LogP contribution in [0.5, 0.6) is 0 Å². The number of nitrogens with zero attached hydrogens (tertiary/aromatic N) is 2. The van der Waals surface area contributed by atoms with E-state index in [4.69, 9.17) is 0 Å². The fourth-order valence-electron chi connectivity index (χ4n) is 1.73. The minimum Gasteiger partial charge on any atom is -0.346 e. The molecule has 2 N–H and O–H groups in total. The summed E-state index contributed by atoms with van der Waals surface area (Å²) in [5, 5.41) is 13.5. The normalized spacial score (nSPS) is 10.5. The maximum Gasteiger partial charge on any atom is 0.243 e. The van der Waals surface area contributed by atoms with Gasteiger partial charge in [0.25, 0.3) is 0 Å². The van der Waals surface area contributed by atoms with Crippen LogP contribution in [0.25, 0.3) is 0 Å². The van der Waals surface area contributed by atoms with Crippen molar-refractivity contribution in [2.75, 3.05) is 23.4 Å². The Morgan fingerprint density at radius 3 is 2.62 bits per heavy atom. The summed E-state index contributed by atoms with van der Waals surface area (Å²) in [5.41, 5.74) is 0.670. The summed E-state index contributed by atoms with van der Waals surface area (Å²) in [5.74, 6) is 0.743. The number of carbonyl (C=O) groups excluding carboxylic acids is 2. The van der Waals surface area contributed by atoms with Gasteiger partial charge in [-0.05, 0) is 34.5 Å². The van der Waals surface area contributed by atoms with Crippen LogP contribution in [0.1, 0.15) is 19.8 Å². The first-order valence-electron chi connectivity index (χ1n) is 7.98. The number of aromatic nitrogens is 2. The number of anilines is 1. The molecule has 0 saturated heterocycles. The zero-order valence-corrected chi connectivity index (χ0v) is 18.2. The molecular formula is C16H19BrN4O2S3. The summed E-state index contributed by atoms with van der Waals surface area (Å²) in [4.78, 5) is 23.8. The van der Waals surface area contributed by atoms with Crippen LogP contribution in [-0.4, -0.2) is 40.1 Å². The lowest BCUT2D eigenvalue weighted by Crippen LogP contribution is -2.33. The molecule has 2 aromatic rings. The van der Waals surface area contributed by atoms with Gasteiger partial charge in [-0.1, -0.05) is 60.3 Å². The highest BCUT2D eigenvalue weighted by Crippen LogP contribution is 2.29. The molecule has 0 fully saturated rings. The van der Waals surface area contributed by atoms with E-state index in [2.05, 4.69) is 43.7 Å². The summed E-state index contributed by atoms with van der Waals surface area (Å²) in [6.45, 7) is 2.08. The Morgan fingerprint density at radius 1 is 1.15 bits per heavy atom. The molecule has 1 aromatic heterocycles. The predicted molar refractivity (Wildman–Crippen MR) is 112 cm³/mol. The molecule has 0 aliphatic rings. The Morgan fingerprint density at radius 2 is 1.88 bits per heavy atom. The van der Waals surface area contributed by atoms with Gasteiger partial charge in [0.15, 0.2) is 8.68 Å². The number of carbonyl (C=O) groups is 2. The predicted octanol–water partition coefficient (Wildman–Crippen LogP) is 4.04. The van der Waals surface area contributed by atoms with Crippen LogP contribution in [-0.2, 0) is 9.59 Å². The zero-order valence-electron chi connectivity index (χ0n) is 14.2. The third kappa shape index (κ3) is 7.65. The van der Waals surface area contributed by atoms with E-state index < -0.39 is 0 Å². The summed E-state index contributed by atoms with van der Waals surface area (Å²) in [6, 6.07) is 7.30. The first-order valence-corrected chi connectivity index (χ1v) is 11.6. The monoisotopic (exact) mass is 474 g/mol. The van der Waals surface area contributed by atoms with Gasteiger partial charge in [-0.25, -0.2) is 0 Å². The minimum absolute atomic E-state index is 0.0744. The third-order valence-electron chi connectivity index (χ3n) is 3.03. The number of unbranched alkanes of at least 4 members (excludes halogenated alkanes) is 1. The highest BCUT2D eigenvalue weighted by Gasteiger charge is 2.10. The number of benzene rings is 1. The number of halogens is 1. The smallest absolute Gasteiger partial charge is 0.243 e. The van der Waals surface area contributed by atoms with Crippen molar-refractivity contribution in [3.05, 3.63) is 28.7 Å². The summed E-state index contributed by atoms with van der Waals surface area (Å²) in [6.07, 6.45) is 2.30. The Hall–Kier alpha value is -1.10. The minimum atomic E-state index is -0.277. The number of nitrogens with one attached hydrogen (secondary N) is 2. The van der Waals surface area contributed by atoms with Gasteiger partial charge in [0.05, 0.1) is 18.0 Å². The number of amides is 2. The van der Waals surface area contributed by atoms with Gasteiger partial charge in [-0.15, -0.1) is 10.2 Å². The van der Waals surface area contributed by atoms with Gasteiger partial charge in [0.1, 0.15) is 0 Å². The molecule has 26 heavy (non-hydrogen) atoms. The maximum absolute atomic E-state index is 11.9. The quantitative estimate of drug-likeness (QED) is 0.399. The van der Waals surface area contributed by atoms with Gasteiger partial charge in [0.2, 0.25) is 11.8 Å². The Kier molecular flexibility index (Phi) is 9.44. The average Bonchev–Trinajstić information content (AvgIpc) is 3.08. The zero-order chi connectivity index (χ0) is 18.8.